The molecule has 1 aromatic rings. The smallest absolute Gasteiger partial charge is 0.410 e. The van der Waals surface area contributed by atoms with Crippen molar-refractivity contribution >= 4 is 12.0 Å². The summed E-state index contributed by atoms with van der Waals surface area (Å²) in [6, 6.07) is 9.49. The predicted octanol–water partition coefficient (Wildman–Crippen LogP) is 2.76. The largest absolute Gasteiger partial charge is 0.445 e. The third kappa shape index (κ3) is 5.01. The van der Waals surface area contributed by atoms with Crippen molar-refractivity contribution in [3.63, 3.8) is 0 Å². The number of nitrogens with two attached hydrogens (primary N) is 1. The highest BCUT2D eigenvalue weighted by molar-refractivity contribution is 5.82. The molecule has 2 aliphatic rings. The quantitative estimate of drug-likeness (QED) is 0.797. The molecule has 0 spiro atoms. The lowest BCUT2D eigenvalue weighted by molar-refractivity contribution is -0.134. The first kappa shape index (κ1) is 19.7. The summed E-state index contributed by atoms with van der Waals surface area (Å²) in [4.78, 5) is 29.1. The van der Waals surface area contributed by atoms with Crippen molar-refractivity contribution in [2.75, 3.05) is 13.1 Å². The normalized spacial score (nSPS) is 20.6. The van der Waals surface area contributed by atoms with Crippen LogP contribution in [-0.2, 0) is 16.1 Å². The van der Waals surface area contributed by atoms with Gasteiger partial charge in [0.25, 0.3) is 0 Å². The van der Waals surface area contributed by atoms with Crippen molar-refractivity contribution in [1.29, 1.82) is 0 Å². The summed E-state index contributed by atoms with van der Waals surface area (Å²) in [6.07, 6.45) is 3.60. The number of hydrogen-bond donors (Lipinski definition) is 1. The van der Waals surface area contributed by atoms with Crippen LogP contribution in [-0.4, -0.2) is 53.0 Å². The molecule has 2 amide bonds. The number of benzene rings is 1. The third-order valence-corrected chi connectivity index (χ3v) is 5.50. The zero-order valence-electron chi connectivity index (χ0n) is 16.3. The number of hydrogen-bond acceptors (Lipinski definition) is 4. The second kappa shape index (κ2) is 8.74. The van der Waals surface area contributed by atoms with Gasteiger partial charge in [-0.15, -0.1) is 0 Å². The van der Waals surface area contributed by atoms with E-state index >= 15 is 0 Å². The summed E-state index contributed by atoms with van der Waals surface area (Å²) in [5, 5.41) is 0. The van der Waals surface area contributed by atoms with Crippen molar-refractivity contribution in [1.82, 2.24) is 9.80 Å². The van der Waals surface area contributed by atoms with E-state index in [2.05, 4.69) is 0 Å². The molecule has 1 saturated carbocycles. The fourth-order valence-electron chi connectivity index (χ4n) is 3.58. The minimum absolute atomic E-state index is 0.000833. The molecule has 0 bridgehead atoms. The molecule has 2 atom stereocenters. The molecule has 0 aromatic heterocycles. The van der Waals surface area contributed by atoms with Crippen molar-refractivity contribution in [3.05, 3.63) is 35.9 Å². The van der Waals surface area contributed by atoms with Gasteiger partial charge in [0.1, 0.15) is 6.61 Å². The average Bonchev–Trinajstić information content (AvgIpc) is 3.41. The number of likely N-dealkylation sites (tertiary alicyclic amines) is 1. The lowest BCUT2D eigenvalue weighted by Gasteiger charge is -2.32. The highest BCUT2D eigenvalue weighted by Crippen LogP contribution is 2.30. The summed E-state index contributed by atoms with van der Waals surface area (Å²) in [5.74, 6) is 0.107. The van der Waals surface area contributed by atoms with E-state index in [9.17, 15) is 9.59 Å². The number of nitrogens with zero attached hydrogens (tertiary/aromatic N) is 2. The molecule has 6 heteroatoms. The summed E-state index contributed by atoms with van der Waals surface area (Å²) in [6.45, 7) is 5.46. The van der Waals surface area contributed by atoms with E-state index in [0.29, 0.717) is 6.54 Å². The van der Waals surface area contributed by atoms with Crippen LogP contribution in [0.5, 0.6) is 0 Å². The molecule has 148 valence electrons. The van der Waals surface area contributed by atoms with Gasteiger partial charge in [-0.05, 0) is 37.2 Å². The zero-order valence-corrected chi connectivity index (χ0v) is 16.3. The highest BCUT2D eigenvalue weighted by atomic mass is 16.6. The Morgan fingerprint density at radius 1 is 1.22 bits per heavy atom. The second-order valence-corrected chi connectivity index (χ2v) is 8.02. The number of carbonyl (C=O) groups is 2. The fourth-order valence-corrected chi connectivity index (χ4v) is 3.58. The van der Waals surface area contributed by atoms with Gasteiger partial charge in [0.15, 0.2) is 0 Å². The Labute approximate surface area is 161 Å². The van der Waals surface area contributed by atoms with Gasteiger partial charge < -0.3 is 20.3 Å². The molecule has 0 radical (unpaired) electrons. The summed E-state index contributed by atoms with van der Waals surface area (Å²) in [7, 11) is 0. The topological polar surface area (TPSA) is 75.9 Å². The third-order valence-electron chi connectivity index (χ3n) is 5.50. The van der Waals surface area contributed by atoms with E-state index in [1.807, 2.05) is 54.0 Å². The first-order valence-corrected chi connectivity index (χ1v) is 10.0. The van der Waals surface area contributed by atoms with Crippen molar-refractivity contribution < 1.29 is 14.3 Å². The SMILES string of the molecule is CC(C)[C@H](N)C(=O)N1CCCC1CN(C(=O)OCc1ccccc1)C1CC1. The van der Waals surface area contributed by atoms with Gasteiger partial charge in [-0.1, -0.05) is 44.2 Å². The van der Waals surface area contributed by atoms with Gasteiger partial charge in [0, 0.05) is 25.2 Å². The molecular formula is C21H31N3O3. The van der Waals surface area contributed by atoms with Gasteiger partial charge in [-0.25, -0.2) is 4.79 Å². The van der Waals surface area contributed by atoms with Gasteiger partial charge >= 0.3 is 6.09 Å². The zero-order chi connectivity index (χ0) is 19.4. The summed E-state index contributed by atoms with van der Waals surface area (Å²) >= 11 is 0. The lowest BCUT2D eigenvalue weighted by atomic mass is 10.0. The minimum atomic E-state index is -0.481. The average molecular weight is 373 g/mol. The Bertz CT molecular complexity index is 645. The van der Waals surface area contributed by atoms with E-state index in [4.69, 9.17) is 10.5 Å². The Hall–Kier alpha value is -2.08. The maximum absolute atomic E-state index is 12.7. The number of ether oxygens (including phenoxy) is 1. The summed E-state index contributed by atoms with van der Waals surface area (Å²) in [5.41, 5.74) is 7.05. The Balaban J connectivity index is 1.60. The minimum Gasteiger partial charge on any atom is -0.445 e. The van der Waals surface area contributed by atoms with Crippen LogP contribution in [0.1, 0.15) is 45.1 Å². The monoisotopic (exact) mass is 373 g/mol. The van der Waals surface area contributed by atoms with Crippen molar-refractivity contribution in [3.8, 4) is 0 Å². The number of amides is 2. The highest BCUT2D eigenvalue weighted by Gasteiger charge is 2.39. The molecular weight excluding hydrogens is 342 g/mol. The van der Waals surface area contributed by atoms with E-state index in [-0.39, 0.29) is 36.6 Å². The second-order valence-electron chi connectivity index (χ2n) is 8.02. The number of rotatable bonds is 7. The first-order valence-electron chi connectivity index (χ1n) is 10.0. The van der Waals surface area contributed by atoms with E-state index < -0.39 is 6.04 Å². The first-order chi connectivity index (χ1) is 13.0. The van der Waals surface area contributed by atoms with Crippen LogP contribution in [0, 0.1) is 5.92 Å². The van der Waals surface area contributed by atoms with Crippen LogP contribution in [0.3, 0.4) is 0 Å². The van der Waals surface area contributed by atoms with Crippen LogP contribution >= 0.6 is 0 Å². The number of carbonyl (C=O) groups excluding carboxylic acids is 2. The van der Waals surface area contributed by atoms with Crippen LogP contribution in [0.15, 0.2) is 30.3 Å². The van der Waals surface area contributed by atoms with Gasteiger partial charge in [0.05, 0.1) is 6.04 Å². The summed E-state index contributed by atoms with van der Waals surface area (Å²) < 4.78 is 5.54. The Kier molecular flexibility index (Phi) is 6.37. The van der Waals surface area contributed by atoms with Crippen LogP contribution in [0.4, 0.5) is 4.79 Å². The molecule has 3 rings (SSSR count). The fraction of sp³-hybridized carbons (Fsp3) is 0.619. The molecule has 1 unspecified atom stereocenters. The molecule has 1 aliphatic carbocycles. The van der Waals surface area contributed by atoms with Crippen molar-refractivity contribution in [2.45, 2.75) is 64.3 Å². The standard InChI is InChI=1S/C21H31N3O3/c1-15(2)19(22)20(25)23-12-6-9-18(23)13-24(17-10-11-17)21(26)27-14-16-7-4-3-5-8-16/h3-5,7-8,15,17-19H,6,9-14,22H2,1-2H3/t18?,19-/m0/s1. The Morgan fingerprint density at radius 3 is 2.56 bits per heavy atom. The van der Waals surface area contributed by atoms with E-state index in [0.717, 1.165) is 37.8 Å². The van der Waals surface area contributed by atoms with Gasteiger partial charge in [-0.3, -0.25) is 4.79 Å². The van der Waals surface area contributed by atoms with E-state index in [1.165, 1.54) is 0 Å². The molecule has 2 fully saturated rings. The molecule has 1 saturated heterocycles. The Morgan fingerprint density at radius 2 is 1.93 bits per heavy atom. The molecule has 1 aliphatic heterocycles. The lowest BCUT2D eigenvalue weighted by Crippen LogP contribution is -2.52. The van der Waals surface area contributed by atoms with Crippen LogP contribution < -0.4 is 5.73 Å². The molecule has 6 nitrogen and oxygen atoms in total. The van der Waals surface area contributed by atoms with Crippen molar-refractivity contribution in [2.24, 2.45) is 11.7 Å². The van der Waals surface area contributed by atoms with Crippen LogP contribution in [0.2, 0.25) is 0 Å². The molecule has 1 heterocycles. The van der Waals surface area contributed by atoms with Gasteiger partial charge in [-0.2, -0.15) is 0 Å². The molecule has 27 heavy (non-hydrogen) atoms. The molecule has 2 N–H and O–H groups in total. The maximum Gasteiger partial charge on any atom is 0.410 e. The van der Waals surface area contributed by atoms with Crippen LogP contribution in [0.25, 0.3) is 0 Å². The predicted molar refractivity (Wildman–Crippen MR) is 104 cm³/mol. The molecule has 1 aromatic carbocycles. The maximum atomic E-state index is 12.7. The van der Waals surface area contributed by atoms with Gasteiger partial charge in [0.2, 0.25) is 5.91 Å². The van der Waals surface area contributed by atoms with E-state index in [1.54, 1.807) is 0 Å².